The van der Waals surface area contributed by atoms with Crippen molar-refractivity contribution >= 4 is 111 Å². The summed E-state index contributed by atoms with van der Waals surface area (Å²) in [5.41, 5.74) is 32.4. The summed E-state index contributed by atoms with van der Waals surface area (Å²) in [7, 11) is 0. The largest absolute Gasteiger partial charge is 0.310 e. The second-order valence-electron chi connectivity index (χ2n) is 32.4. The molecule has 0 radical (unpaired) electrons. The SMILES string of the molecule is [2H]c1c([2H])c([2H])c2c(c1[2H])c1c([2H])c([2H])c([2H])c([2H])c1n2-c1ccc2c(c1)N(c1c(-c3cccc(-c4ccccc4)c3)cc(-c3ccccc3)cc1-c1cccc(-c3ccccc3)c1)c1cc(-c3ccc4sc5ccccc5c4c3)cc3c1B2c1cc(-c2cc(-c4ccccc4)cc(-c4ccccc4)c2)ccc1N3c1c(-c2ccccc2)cc(-c2ccccc2)cc1-c1ccccc1. The fourth-order valence-corrected chi connectivity index (χ4v) is 20.5. The molecule has 0 aliphatic carbocycles. The monoisotopic (exact) mass is 1610 g/mol. The predicted octanol–water partition coefficient (Wildman–Crippen LogP) is 31.2. The molecule has 0 atom stereocenters. The zero-order chi connectivity index (χ0) is 89.4. The molecule has 582 valence electrons. The molecule has 4 heterocycles. The molecule has 2 aromatic heterocycles. The van der Waals surface area contributed by atoms with E-state index in [1.165, 1.54) is 4.70 Å². The first kappa shape index (κ1) is 64.9. The van der Waals surface area contributed by atoms with Crippen LogP contribution in [0.4, 0.5) is 34.1 Å². The molecule has 0 saturated heterocycles. The molecular weight excluding hydrogens is 1530 g/mol. The Balaban J connectivity index is 0.912. The van der Waals surface area contributed by atoms with Crippen molar-refractivity contribution in [3.8, 4) is 139 Å². The van der Waals surface area contributed by atoms with Crippen molar-refractivity contribution in [1.82, 2.24) is 4.57 Å². The smallest absolute Gasteiger partial charge is 0.252 e. The van der Waals surface area contributed by atoms with Gasteiger partial charge in [0.1, 0.15) is 0 Å². The standard InChI is InChI=1S/C120H78BN3S/c1-9-33-79(34-10-1)87-49-31-51-91(65-87)105-73-97(84-43-19-6-20-44-84)74-106(92-52-32-50-88(66-92)80-35-11-2-12-36-80)120(105)124-113-78-99(122-110-56-28-25-53-100(110)101-54-26-29-57-111(101)122)61-62-108(113)121-109-75-90(95-68-93(81-37-13-3-14-38-81)67-94(69-95)82-39-15-4-16-40-82)59-63-112(109)123(114-76-98(77-115(124)118(114)121)89-60-64-117-107(70-89)102-55-27-30-58-116(102)125-117)119-103(85-45-21-7-22-46-85)71-96(83-41-17-5-18-42-83)72-104(119)86-47-23-8-24-48-86/h1-78H/i25D,26D,28D,29D,53D,54D,56D,57D. The number of anilines is 6. The zero-order valence-corrected chi connectivity index (χ0v) is 68.6. The molecule has 0 fully saturated rings. The second-order valence-corrected chi connectivity index (χ2v) is 33.5. The van der Waals surface area contributed by atoms with Crippen LogP contribution in [-0.2, 0) is 0 Å². The Morgan fingerprint density at radius 3 is 1.03 bits per heavy atom. The van der Waals surface area contributed by atoms with Crippen molar-refractivity contribution in [3.63, 3.8) is 0 Å². The average Bonchev–Trinajstić information content (AvgIpc) is 1.00. The van der Waals surface area contributed by atoms with Gasteiger partial charge in [0.2, 0.25) is 0 Å². The lowest BCUT2D eigenvalue weighted by Crippen LogP contribution is -2.61. The van der Waals surface area contributed by atoms with Gasteiger partial charge in [0.25, 0.3) is 6.71 Å². The first-order valence-electron chi connectivity index (χ1n) is 46.5. The summed E-state index contributed by atoms with van der Waals surface area (Å²) in [6.45, 7) is -0.644. The van der Waals surface area contributed by atoms with Gasteiger partial charge in [-0.3, -0.25) is 0 Å². The summed E-state index contributed by atoms with van der Waals surface area (Å²) in [6, 6.07) is 150. The number of rotatable bonds is 15. The molecule has 0 saturated carbocycles. The van der Waals surface area contributed by atoms with Crippen LogP contribution in [-0.4, -0.2) is 11.3 Å². The Kier molecular flexibility index (Phi) is 15.9. The third-order valence-corrected chi connectivity index (χ3v) is 26.3. The van der Waals surface area contributed by atoms with Crippen LogP contribution in [0.15, 0.2) is 473 Å². The molecule has 2 aliphatic heterocycles. The van der Waals surface area contributed by atoms with Gasteiger partial charge in [-0.05, 0) is 243 Å². The van der Waals surface area contributed by atoms with Gasteiger partial charge in [-0.25, -0.2) is 0 Å². The Labute approximate surface area is 743 Å². The topological polar surface area (TPSA) is 11.4 Å². The maximum Gasteiger partial charge on any atom is 0.252 e. The van der Waals surface area contributed by atoms with E-state index in [-0.39, 0.29) is 21.8 Å². The molecule has 20 aromatic carbocycles. The number of hydrogen-bond donors (Lipinski definition) is 0. The highest BCUT2D eigenvalue weighted by Gasteiger charge is 2.46. The molecule has 125 heavy (non-hydrogen) atoms. The molecule has 0 unspecified atom stereocenters. The Morgan fingerprint density at radius 1 is 0.208 bits per heavy atom. The van der Waals surface area contributed by atoms with E-state index in [0.29, 0.717) is 11.4 Å². The van der Waals surface area contributed by atoms with Gasteiger partial charge >= 0.3 is 0 Å². The Bertz CT molecular complexity index is 8170. The number of thiophene rings is 1. The number of nitrogens with zero attached hydrogens (tertiary/aromatic N) is 3. The summed E-state index contributed by atoms with van der Waals surface area (Å²) in [5.74, 6) is 0. The lowest BCUT2D eigenvalue weighted by molar-refractivity contribution is 1.17. The third-order valence-electron chi connectivity index (χ3n) is 25.1. The summed E-state index contributed by atoms with van der Waals surface area (Å²) in [6.07, 6.45) is 0. The van der Waals surface area contributed by atoms with Crippen LogP contribution < -0.4 is 26.2 Å². The highest BCUT2D eigenvalue weighted by atomic mass is 32.1. The Hall–Kier alpha value is -15.9. The van der Waals surface area contributed by atoms with E-state index in [2.05, 4.69) is 428 Å². The summed E-state index contributed by atoms with van der Waals surface area (Å²) < 4.78 is 81.9. The van der Waals surface area contributed by atoms with E-state index in [9.17, 15) is 11.0 Å². The number of hydrogen-bond acceptors (Lipinski definition) is 3. The summed E-state index contributed by atoms with van der Waals surface area (Å²) in [5, 5.41) is 2.25. The highest BCUT2D eigenvalue weighted by Crippen LogP contribution is 2.57. The molecule has 0 spiro atoms. The average molecular weight is 1610 g/mol. The molecular formula is C120H78BN3S. The Morgan fingerprint density at radius 2 is 0.552 bits per heavy atom. The van der Waals surface area contributed by atoms with Crippen LogP contribution in [0.1, 0.15) is 11.0 Å². The van der Waals surface area contributed by atoms with E-state index in [1.807, 2.05) is 6.07 Å². The van der Waals surface area contributed by atoms with Gasteiger partial charge in [-0.2, -0.15) is 0 Å². The van der Waals surface area contributed by atoms with Crippen LogP contribution in [0.3, 0.4) is 0 Å². The number of fused-ring (bicyclic) bond motifs is 10. The van der Waals surface area contributed by atoms with Gasteiger partial charge < -0.3 is 14.4 Å². The molecule has 24 rings (SSSR count). The fourth-order valence-electron chi connectivity index (χ4n) is 19.4. The van der Waals surface area contributed by atoms with Crippen molar-refractivity contribution in [1.29, 1.82) is 0 Å². The normalized spacial score (nSPS) is 13.0. The van der Waals surface area contributed by atoms with Crippen LogP contribution in [0.5, 0.6) is 0 Å². The number of para-hydroxylation sites is 2. The number of benzene rings is 20. The first-order chi connectivity index (χ1) is 65.3. The van der Waals surface area contributed by atoms with Gasteiger partial charge in [0, 0.05) is 81.6 Å². The molecule has 3 nitrogen and oxygen atoms in total. The first-order valence-corrected chi connectivity index (χ1v) is 43.3. The van der Waals surface area contributed by atoms with Gasteiger partial charge in [-0.15, -0.1) is 11.3 Å². The molecule has 22 aromatic rings. The molecule has 0 bridgehead atoms. The van der Waals surface area contributed by atoms with E-state index in [0.717, 1.165) is 194 Å². The van der Waals surface area contributed by atoms with E-state index >= 15 is 0 Å². The minimum absolute atomic E-state index is 0.0123. The van der Waals surface area contributed by atoms with E-state index in [1.54, 1.807) is 15.9 Å². The molecule has 5 heteroatoms. The quantitative estimate of drug-likeness (QED) is 0.0948. The molecule has 0 N–H and O–H groups in total. The van der Waals surface area contributed by atoms with Gasteiger partial charge in [0.15, 0.2) is 0 Å². The second kappa shape index (κ2) is 30.7. The fraction of sp³-hybridized carbons (Fsp3) is 0. The van der Waals surface area contributed by atoms with Crippen LogP contribution in [0, 0.1) is 0 Å². The zero-order valence-electron chi connectivity index (χ0n) is 75.7. The highest BCUT2D eigenvalue weighted by molar-refractivity contribution is 7.25. The molecule has 2 aliphatic rings. The predicted molar refractivity (Wildman–Crippen MR) is 533 cm³/mol. The van der Waals surface area contributed by atoms with Gasteiger partial charge in [0.05, 0.1) is 33.4 Å². The third kappa shape index (κ3) is 12.8. The summed E-state index contributed by atoms with van der Waals surface area (Å²) in [4.78, 5) is 5.09. The maximum absolute atomic E-state index is 10.2. The van der Waals surface area contributed by atoms with Crippen LogP contribution >= 0.6 is 11.3 Å². The number of aromatic nitrogens is 1. The van der Waals surface area contributed by atoms with Crippen molar-refractivity contribution in [2.24, 2.45) is 0 Å². The van der Waals surface area contributed by atoms with Gasteiger partial charge in [-0.1, -0.05) is 358 Å². The minimum atomic E-state index is -0.644. The van der Waals surface area contributed by atoms with E-state index in [4.69, 9.17) is 0 Å². The van der Waals surface area contributed by atoms with E-state index < -0.39 is 55.1 Å². The maximum atomic E-state index is 10.2. The minimum Gasteiger partial charge on any atom is -0.310 e. The van der Waals surface area contributed by atoms with Crippen molar-refractivity contribution < 1.29 is 11.0 Å². The van der Waals surface area contributed by atoms with Crippen LogP contribution in [0.2, 0.25) is 0 Å². The van der Waals surface area contributed by atoms with Crippen LogP contribution in [0.25, 0.3) is 181 Å². The van der Waals surface area contributed by atoms with Crippen molar-refractivity contribution in [2.75, 3.05) is 9.80 Å². The molecule has 0 amide bonds. The van der Waals surface area contributed by atoms with Crippen molar-refractivity contribution in [2.45, 2.75) is 0 Å². The summed E-state index contributed by atoms with van der Waals surface area (Å²) >= 11 is 1.78. The lowest BCUT2D eigenvalue weighted by Gasteiger charge is -2.46. The van der Waals surface area contributed by atoms with Crippen molar-refractivity contribution in [3.05, 3.63) is 473 Å². The lowest BCUT2D eigenvalue weighted by atomic mass is 9.33.